The monoisotopic (exact) mass is 457 g/mol. The van der Waals surface area contributed by atoms with Crippen molar-refractivity contribution in [3.05, 3.63) is 35.9 Å². The van der Waals surface area contributed by atoms with Crippen LogP contribution in [-0.2, 0) is 16.3 Å². The van der Waals surface area contributed by atoms with E-state index < -0.39 is 16.6 Å². The molecule has 2 heterocycles. The molecule has 2 bridgehead atoms. The molecule has 1 aromatic rings. The van der Waals surface area contributed by atoms with E-state index in [2.05, 4.69) is 69.0 Å². The van der Waals surface area contributed by atoms with E-state index in [-0.39, 0.29) is 17.6 Å². The highest BCUT2D eigenvalue weighted by Crippen LogP contribution is 2.64. The second-order valence-electron chi connectivity index (χ2n) is 12.0. The number of hydrogen-bond acceptors (Lipinski definition) is 4. The van der Waals surface area contributed by atoms with E-state index >= 15 is 0 Å². The van der Waals surface area contributed by atoms with Crippen molar-refractivity contribution in [2.45, 2.75) is 88.6 Å². The van der Waals surface area contributed by atoms with Crippen LogP contribution in [0, 0.1) is 5.92 Å². The number of ether oxygens (including phenoxy) is 1. The van der Waals surface area contributed by atoms with Crippen LogP contribution in [0.1, 0.15) is 30.4 Å². The lowest BCUT2D eigenvalue weighted by molar-refractivity contribution is -0.0963. The van der Waals surface area contributed by atoms with Gasteiger partial charge in [-0.3, -0.25) is 4.90 Å². The molecule has 1 saturated heterocycles. The molecule has 2 aliphatic carbocycles. The van der Waals surface area contributed by atoms with Crippen LogP contribution in [0.2, 0.25) is 39.3 Å². The summed E-state index contributed by atoms with van der Waals surface area (Å²) in [4.78, 5) is 2.67. The van der Waals surface area contributed by atoms with Crippen molar-refractivity contribution >= 4 is 16.6 Å². The van der Waals surface area contributed by atoms with Crippen molar-refractivity contribution in [1.82, 2.24) is 4.90 Å². The SMILES string of the molecule is C=CCN1CCC23c4c5ccc(O[Si](C)(C)C)c4OC2C(O[Si](C)(C)C)CCC3C1C5. The first kappa shape index (κ1) is 21.7. The summed E-state index contributed by atoms with van der Waals surface area (Å²) in [6.07, 6.45) is 6.98. The van der Waals surface area contributed by atoms with E-state index in [0.29, 0.717) is 12.0 Å². The lowest BCUT2D eigenvalue weighted by Gasteiger charge is -2.59. The Bertz CT molecular complexity index is 890. The Kier molecular flexibility index (Phi) is 5.05. The highest BCUT2D eigenvalue weighted by molar-refractivity contribution is 6.70. The topological polar surface area (TPSA) is 30.9 Å². The second kappa shape index (κ2) is 7.21. The van der Waals surface area contributed by atoms with Crippen LogP contribution in [0.25, 0.3) is 0 Å². The molecular formula is C25H39NO3Si2. The minimum absolute atomic E-state index is 0.0760. The Labute approximate surface area is 190 Å². The maximum absolute atomic E-state index is 6.97. The van der Waals surface area contributed by atoms with Crippen LogP contribution in [0.5, 0.6) is 11.5 Å². The van der Waals surface area contributed by atoms with Crippen molar-refractivity contribution in [3.63, 3.8) is 0 Å². The van der Waals surface area contributed by atoms with Crippen molar-refractivity contribution < 1.29 is 13.6 Å². The zero-order valence-electron chi connectivity index (χ0n) is 20.2. The third-order valence-corrected chi connectivity index (χ3v) is 9.49. The van der Waals surface area contributed by atoms with Gasteiger partial charge < -0.3 is 13.6 Å². The first-order valence-electron chi connectivity index (χ1n) is 12.1. The summed E-state index contributed by atoms with van der Waals surface area (Å²) in [5.74, 6) is 2.65. The number of likely N-dealkylation sites (tertiary alicyclic amines) is 1. The average molecular weight is 458 g/mol. The van der Waals surface area contributed by atoms with Crippen molar-refractivity contribution in [3.8, 4) is 11.5 Å². The maximum atomic E-state index is 6.97. The summed E-state index contributed by atoms with van der Waals surface area (Å²) in [6.45, 7) is 19.8. The van der Waals surface area contributed by atoms with E-state index in [0.717, 1.165) is 43.9 Å². The lowest BCUT2D eigenvalue weighted by Crippen LogP contribution is -2.67. The molecule has 5 rings (SSSR count). The van der Waals surface area contributed by atoms with Gasteiger partial charge in [0, 0.05) is 23.6 Å². The zero-order chi connectivity index (χ0) is 22.2. The van der Waals surface area contributed by atoms with Crippen LogP contribution < -0.4 is 9.16 Å². The van der Waals surface area contributed by atoms with Gasteiger partial charge in [-0.25, -0.2) is 0 Å². The molecule has 5 atom stereocenters. The van der Waals surface area contributed by atoms with E-state index in [1.807, 2.05) is 0 Å². The largest absolute Gasteiger partial charge is 0.542 e. The Balaban J connectivity index is 1.64. The van der Waals surface area contributed by atoms with Gasteiger partial charge >= 0.3 is 0 Å². The van der Waals surface area contributed by atoms with Crippen molar-refractivity contribution in [2.75, 3.05) is 13.1 Å². The standard InChI is InChI=1S/C25H39NO3Si2/c1-8-14-26-15-13-25-18-10-12-21(29-31(5,6)7)24(25)27-23-20(28-30(2,3)4)11-9-17(22(23)25)16-19(18)26/h8-9,11,18-19,21,24H,1,10,12-16H2,2-7H3. The lowest BCUT2D eigenvalue weighted by atomic mass is 9.51. The molecule has 0 radical (unpaired) electrons. The van der Waals surface area contributed by atoms with Crippen LogP contribution in [0.15, 0.2) is 24.8 Å². The predicted molar refractivity (Wildman–Crippen MR) is 131 cm³/mol. The van der Waals surface area contributed by atoms with Crippen molar-refractivity contribution in [1.29, 1.82) is 0 Å². The molecular weight excluding hydrogens is 418 g/mol. The number of rotatable bonds is 6. The van der Waals surface area contributed by atoms with Gasteiger partial charge in [-0.2, -0.15) is 0 Å². The number of benzene rings is 1. The van der Waals surface area contributed by atoms with E-state index in [1.54, 1.807) is 0 Å². The summed E-state index contributed by atoms with van der Waals surface area (Å²) in [5, 5.41) is 0. The number of hydrogen-bond donors (Lipinski definition) is 0. The summed E-state index contributed by atoms with van der Waals surface area (Å²) >= 11 is 0. The van der Waals surface area contributed by atoms with Gasteiger partial charge in [0.15, 0.2) is 14.1 Å². The average Bonchev–Trinajstić information content (AvgIpc) is 3.00. The molecule has 4 nitrogen and oxygen atoms in total. The highest BCUT2D eigenvalue weighted by Gasteiger charge is 2.66. The molecule has 2 fully saturated rings. The summed E-state index contributed by atoms with van der Waals surface area (Å²) < 4.78 is 20.3. The molecule has 1 aromatic carbocycles. The van der Waals surface area contributed by atoms with Gasteiger partial charge in [-0.05, 0) is 89.1 Å². The van der Waals surface area contributed by atoms with Crippen LogP contribution in [0.4, 0.5) is 0 Å². The van der Waals surface area contributed by atoms with E-state index in [4.69, 9.17) is 13.6 Å². The van der Waals surface area contributed by atoms with Gasteiger partial charge in [-0.15, -0.1) is 6.58 Å². The second-order valence-corrected chi connectivity index (χ2v) is 20.9. The molecule has 2 aliphatic heterocycles. The molecule has 5 unspecified atom stereocenters. The zero-order valence-corrected chi connectivity index (χ0v) is 22.2. The summed E-state index contributed by atoms with van der Waals surface area (Å²) in [5.41, 5.74) is 3.04. The maximum Gasteiger partial charge on any atom is 0.242 e. The minimum atomic E-state index is -1.74. The van der Waals surface area contributed by atoms with Gasteiger partial charge in [-0.1, -0.05) is 12.1 Å². The molecule has 1 saturated carbocycles. The van der Waals surface area contributed by atoms with E-state index in [9.17, 15) is 0 Å². The minimum Gasteiger partial charge on any atom is -0.542 e. The molecule has 0 amide bonds. The Hall–Kier alpha value is -1.09. The smallest absolute Gasteiger partial charge is 0.242 e. The fourth-order valence-corrected chi connectivity index (χ4v) is 8.91. The molecule has 0 N–H and O–H groups in total. The molecule has 6 heteroatoms. The van der Waals surface area contributed by atoms with Crippen LogP contribution >= 0.6 is 0 Å². The normalized spacial score (nSPS) is 34.1. The fraction of sp³-hybridized carbons (Fsp3) is 0.680. The molecule has 1 spiro atoms. The fourth-order valence-electron chi connectivity index (χ4n) is 6.94. The van der Waals surface area contributed by atoms with Gasteiger partial charge in [0.05, 0.1) is 6.10 Å². The highest BCUT2D eigenvalue weighted by atomic mass is 28.4. The molecule has 170 valence electrons. The molecule has 4 aliphatic rings. The van der Waals surface area contributed by atoms with Crippen LogP contribution in [-0.4, -0.2) is 52.9 Å². The Morgan fingerprint density at radius 3 is 2.61 bits per heavy atom. The summed E-state index contributed by atoms with van der Waals surface area (Å²) in [7, 11) is -3.42. The van der Waals surface area contributed by atoms with Gasteiger partial charge in [0.1, 0.15) is 11.9 Å². The number of nitrogens with zero attached hydrogens (tertiary/aromatic N) is 1. The predicted octanol–water partition coefficient (Wildman–Crippen LogP) is 5.35. The summed E-state index contributed by atoms with van der Waals surface area (Å²) in [6, 6.07) is 5.10. The first-order chi connectivity index (χ1) is 14.5. The van der Waals surface area contributed by atoms with Gasteiger partial charge in [0.2, 0.25) is 8.32 Å². The van der Waals surface area contributed by atoms with E-state index in [1.165, 1.54) is 17.5 Å². The number of piperidine rings is 1. The Morgan fingerprint density at radius 2 is 1.94 bits per heavy atom. The molecule has 0 aromatic heterocycles. The van der Waals surface area contributed by atoms with Gasteiger partial charge in [0.25, 0.3) is 0 Å². The third-order valence-electron chi connectivity index (χ3n) is 7.65. The van der Waals surface area contributed by atoms with Crippen LogP contribution in [0.3, 0.4) is 0 Å². The van der Waals surface area contributed by atoms with Crippen molar-refractivity contribution in [2.24, 2.45) is 5.92 Å². The Morgan fingerprint density at radius 1 is 1.16 bits per heavy atom. The third kappa shape index (κ3) is 3.45. The quantitative estimate of drug-likeness (QED) is 0.426. The first-order valence-corrected chi connectivity index (χ1v) is 18.9. The molecule has 31 heavy (non-hydrogen) atoms.